The van der Waals surface area contributed by atoms with Crippen molar-refractivity contribution in [3.8, 4) is 0 Å². The van der Waals surface area contributed by atoms with E-state index in [2.05, 4.69) is 15.6 Å². The molecule has 4 heteroatoms. The molecule has 2 aromatic rings. The van der Waals surface area contributed by atoms with E-state index in [0.717, 1.165) is 30.8 Å². The number of nitrogens with one attached hydrogen (secondary N) is 2. The molecule has 0 bridgehead atoms. The van der Waals surface area contributed by atoms with Crippen LogP contribution in [0.3, 0.4) is 0 Å². The summed E-state index contributed by atoms with van der Waals surface area (Å²) in [4.78, 5) is 16.8. The molecule has 0 saturated carbocycles. The van der Waals surface area contributed by atoms with Crippen LogP contribution in [0.15, 0.2) is 54.7 Å². The lowest BCUT2D eigenvalue weighted by Gasteiger charge is -2.19. The van der Waals surface area contributed by atoms with E-state index in [-0.39, 0.29) is 11.9 Å². The van der Waals surface area contributed by atoms with Crippen LogP contribution in [0.1, 0.15) is 36.6 Å². The molecule has 3 rings (SSSR count). The fourth-order valence-corrected chi connectivity index (χ4v) is 3.05. The molecule has 0 aliphatic carbocycles. The number of nitrogens with zero attached hydrogens (tertiary/aromatic N) is 1. The molecule has 0 spiro atoms. The Morgan fingerprint density at radius 2 is 2.04 bits per heavy atom. The standard InChI is InChI=1S/C19H23N3O/c23-18(10-9-15-11-13-20-14-15)22-19(16-6-2-1-3-7-16)17-8-4-5-12-21-17/h1-8,12,15,19-20H,9-11,13-14H2,(H,22,23). The first-order valence-electron chi connectivity index (χ1n) is 8.29. The second kappa shape index (κ2) is 7.88. The molecule has 120 valence electrons. The monoisotopic (exact) mass is 309 g/mol. The fourth-order valence-electron chi connectivity index (χ4n) is 3.05. The van der Waals surface area contributed by atoms with Crippen LogP contribution < -0.4 is 10.6 Å². The number of carbonyl (C=O) groups excluding carboxylic acids is 1. The average Bonchev–Trinajstić information content (AvgIpc) is 3.13. The zero-order chi connectivity index (χ0) is 15.9. The minimum atomic E-state index is -0.188. The quantitative estimate of drug-likeness (QED) is 0.862. The number of rotatable bonds is 6. The Morgan fingerprint density at radius 3 is 2.74 bits per heavy atom. The number of hydrogen-bond acceptors (Lipinski definition) is 3. The minimum absolute atomic E-state index is 0.0939. The van der Waals surface area contributed by atoms with Crippen LogP contribution in [0.25, 0.3) is 0 Å². The fraction of sp³-hybridized carbons (Fsp3) is 0.368. The molecule has 0 radical (unpaired) electrons. The highest BCUT2D eigenvalue weighted by Gasteiger charge is 2.20. The Morgan fingerprint density at radius 1 is 1.22 bits per heavy atom. The van der Waals surface area contributed by atoms with Gasteiger partial charge in [0.15, 0.2) is 0 Å². The molecule has 1 aromatic carbocycles. The Bertz CT molecular complexity index is 570. The van der Waals surface area contributed by atoms with E-state index in [0.29, 0.717) is 12.3 Å². The highest BCUT2D eigenvalue weighted by molar-refractivity contribution is 5.76. The Hall–Kier alpha value is -2.20. The lowest BCUT2D eigenvalue weighted by Crippen LogP contribution is -2.30. The van der Waals surface area contributed by atoms with Gasteiger partial charge < -0.3 is 10.6 Å². The van der Waals surface area contributed by atoms with Crippen molar-refractivity contribution in [2.45, 2.75) is 25.3 Å². The summed E-state index contributed by atoms with van der Waals surface area (Å²) < 4.78 is 0. The molecule has 4 nitrogen and oxygen atoms in total. The van der Waals surface area contributed by atoms with Crippen molar-refractivity contribution in [2.24, 2.45) is 5.92 Å². The van der Waals surface area contributed by atoms with Crippen LogP contribution in [0.5, 0.6) is 0 Å². The van der Waals surface area contributed by atoms with Crippen LogP contribution in [0, 0.1) is 5.92 Å². The van der Waals surface area contributed by atoms with Gasteiger partial charge in [0.2, 0.25) is 5.91 Å². The molecule has 1 aromatic heterocycles. The maximum atomic E-state index is 12.4. The van der Waals surface area contributed by atoms with E-state index in [1.54, 1.807) is 6.20 Å². The van der Waals surface area contributed by atoms with Crippen LogP contribution in [0.2, 0.25) is 0 Å². The molecule has 1 aliphatic heterocycles. The van der Waals surface area contributed by atoms with E-state index < -0.39 is 0 Å². The molecule has 2 unspecified atom stereocenters. The number of benzene rings is 1. The summed E-state index contributed by atoms with van der Waals surface area (Å²) in [5, 5.41) is 6.50. The Kier molecular flexibility index (Phi) is 5.37. The molecule has 1 saturated heterocycles. The summed E-state index contributed by atoms with van der Waals surface area (Å²) in [6.45, 7) is 2.11. The largest absolute Gasteiger partial charge is 0.344 e. The molecular weight excluding hydrogens is 286 g/mol. The molecule has 2 heterocycles. The third-order valence-corrected chi connectivity index (χ3v) is 4.36. The van der Waals surface area contributed by atoms with E-state index in [1.165, 1.54) is 6.42 Å². The van der Waals surface area contributed by atoms with E-state index in [1.807, 2.05) is 48.5 Å². The van der Waals surface area contributed by atoms with Crippen molar-refractivity contribution in [3.05, 3.63) is 66.0 Å². The van der Waals surface area contributed by atoms with Gasteiger partial charge in [-0.1, -0.05) is 36.4 Å². The first-order chi connectivity index (χ1) is 11.3. The first-order valence-corrected chi connectivity index (χ1v) is 8.29. The van der Waals surface area contributed by atoms with Crippen molar-refractivity contribution in [1.29, 1.82) is 0 Å². The topological polar surface area (TPSA) is 54.0 Å². The van der Waals surface area contributed by atoms with Gasteiger partial charge in [-0.15, -0.1) is 0 Å². The van der Waals surface area contributed by atoms with Crippen LogP contribution in [0.4, 0.5) is 0 Å². The molecular formula is C19H23N3O. The van der Waals surface area contributed by atoms with Gasteiger partial charge in [0, 0.05) is 12.6 Å². The van der Waals surface area contributed by atoms with Gasteiger partial charge in [-0.25, -0.2) is 0 Å². The second-order valence-corrected chi connectivity index (χ2v) is 6.06. The van der Waals surface area contributed by atoms with E-state index >= 15 is 0 Å². The van der Waals surface area contributed by atoms with Crippen molar-refractivity contribution >= 4 is 5.91 Å². The van der Waals surface area contributed by atoms with Gasteiger partial charge in [-0.3, -0.25) is 9.78 Å². The zero-order valence-corrected chi connectivity index (χ0v) is 13.2. The summed E-state index contributed by atoms with van der Waals surface area (Å²) in [6, 6.07) is 15.6. The predicted octanol–water partition coefficient (Wildman–Crippen LogP) is 2.68. The SMILES string of the molecule is O=C(CCC1CCNC1)NC(c1ccccc1)c1ccccn1. The third kappa shape index (κ3) is 4.39. The molecule has 1 fully saturated rings. The molecule has 1 amide bonds. The number of pyridine rings is 1. The van der Waals surface area contributed by atoms with Crippen LogP contribution >= 0.6 is 0 Å². The van der Waals surface area contributed by atoms with Crippen molar-refractivity contribution in [1.82, 2.24) is 15.6 Å². The number of carbonyl (C=O) groups is 1. The van der Waals surface area contributed by atoms with Gasteiger partial charge >= 0.3 is 0 Å². The van der Waals surface area contributed by atoms with Crippen LogP contribution in [-0.2, 0) is 4.79 Å². The van der Waals surface area contributed by atoms with Gasteiger partial charge in [-0.05, 0) is 49.5 Å². The Labute approximate surface area is 137 Å². The van der Waals surface area contributed by atoms with Crippen LogP contribution in [-0.4, -0.2) is 24.0 Å². The summed E-state index contributed by atoms with van der Waals surface area (Å²) >= 11 is 0. The zero-order valence-electron chi connectivity index (χ0n) is 13.2. The van der Waals surface area contributed by atoms with Crippen molar-refractivity contribution in [2.75, 3.05) is 13.1 Å². The van der Waals surface area contributed by atoms with Crippen molar-refractivity contribution in [3.63, 3.8) is 0 Å². The summed E-state index contributed by atoms with van der Waals surface area (Å²) in [5.41, 5.74) is 1.93. The summed E-state index contributed by atoms with van der Waals surface area (Å²) in [5.74, 6) is 0.724. The summed E-state index contributed by atoms with van der Waals surface area (Å²) in [7, 11) is 0. The number of amides is 1. The minimum Gasteiger partial charge on any atom is -0.344 e. The Balaban J connectivity index is 1.67. The molecule has 23 heavy (non-hydrogen) atoms. The predicted molar refractivity (Wildman–Crippen MR) is 90.9 cm³/mol. The number of aromatic nitrogens is 1. The lowest BCUT2D eigenvalue weighted by molar-refractivity contribution is -0.121. The highest BCUT2D eigenvalue weighted by atomic mass is 16.1. The van der Waals surface area contributed by atoms with Crippen molar-refractivity contribution < 1.29 is 4.79 Å². The molecule has 2 N–H and O–H groups in total. The normalized spacial score (nSPS) is 18.5. The molecule has 1 aliphatic rings. The first kappa shape index (κ1) is 15.7. The van der Waals surface area contributed by atoms with E-state index in [9.17, 15) is 4.79 Å². The third-order valence-electron chi connectivity index (χ3n) is 4.36. The van der Waals surface area contributed by atoms with Gasteiger partial charge in [0.05, 0.1) is 11.7 Å². The smallest absolute Gasteiger partial charge is 0.220 e. The van der Waals surface area contributed by atoms with Gasteiger partial charge in [-0.2, -0.15) is 0 Å². The molecule has 2 atom stereocenters. The number of hydrogen-bond donors (Lipinski definition) is 2. The van der Waals surface area contributed by atoms with Gasteiger partial charge in [0.25, 0.3) is 0 Å². The maximum absolute atomic E-state index is 12.4. The average molecular weight is 309 g/mol. The highest BCUT2D eigenvalue weighted by Crippen LogP contribution is 2.21. The second-order valence-electron chi connectivity index (χ2n) is 6.06. The lowest BCUT2D eigenvalue weighted by atomic mass is 10.0. The van der Waals surface area contributed by atoms with Gasteiger partial charge in [0.1, 0.15) is 0 Å². The maximum Gasteiger partial charge on any atom is 0.220 e. The summed E-state index contributed by atoms with van der Waals surface area (Å²) in [6.07, 6.45) is 4.46. The van der Waals surface area contributed by atoms with E-state index in [4.69, 9.17) is 0 Å².